The smallest absolute Gasteiger partial charge is 0.266 e. The molecule has 6 nitrogen and oxygen atoms in total. The van der Waals surface area contributed by atoms with Gasteiger partial charge in [0.1, 0.15) is 15.5 Å². The first-order chi connectivity index (χ1) is 12.9. The molecule has 0 radical (unpaired) electrons. The minimum absolute atomic E-state index is 0.254. The van der Waals surface area contributed by atoms with Crippen LogP contribution in [0.3, 0.4) is 0 Å². The van der Waals surface area contributed by atoms with E-state index in [-0.39, 0.29) is 4.48 Å². The molecule has 2 amide bonds. The highest BCUT2D eigenvalue weighted by atomic mass is 79.9. The van der Waals surface area contributed by atoms with Crippen LogP contribution in [-0.4, -0.2) is 42.4 Å². The van der Waals surface area contributed by atoms with Crippen molar-refractivity contribution in [2.24, 2.45) is 0 Å². The van der Waals surface area contributed by atoms with Crippen molar-refractivity contribution < 1.29 is 13.8 Å². The molecule has 27 heavy (non-hydrogen) atoms. The fraction of sp³-hybridized carbons (Fsp3) is 0.222. The zero-order valence-electron chi connectivity index (χ0n) is 14.7. The monoisotopic (exact) mass is 467 g/mol. The summed E-state index contributed by atoms with van der Waals surface area (Å²) in [5, 5.41) is 4.20. The number of nitrogens with zero attached hydrogens (tertiary/aromatic N) is 1. The minimum Gasteiger partial charge on any atom is -0.377 e. The molecule has 142 valence electrons. The molecule has 1 atom stereocenters. The van der Waals surface area contributed by atoms with Crippen molar-refractivity contribution in [1.29, 1.82) is 0 Å². The molecule has 0 fully saturated rings. The summed E-state index contributed by atoms with van der Waals surface area (Å²) < 4.78 is 16.0. The first kappa shape index (κ1) is 20.1. The third-order valence-corrected chi connectivity index (χ3v) is 7.28. The van der Waals surface area contributed by atoms with Crippen LogP contribution in [0, 0.1) is 0 Å². The van der Waals surface area contributed by atoms with Crippen LogP contribution in [0.2, 0.25) is 0 Å². The Balaban J connectivity index is 1.68. The maximum absolute atomic E-state index is 12.7. The third kappa shape index (κ3) is 4.26. The van der Waals surface area contributed by atoms with Gasteiger partial charge in [-0.05, 0) is 28.1 Å². The zero-order valence-corrected chi connectivity index (χ0v) is 18.0. The number of nitrogens with one attached hydrogen (secondary N) is 2. The molecule has 2 aromatic rings. The molecular weight excluding hydrogens is 450 g/mol. The Morgan fingerprint density at radius 1 is 1.11 bits per heavy atom. The van der Waals surface area contributed by atoms with Gasteiger partial charge in [-0.3, -0.25) is 14.9 Å². The van der Waals surface area contributed by atoms with E-state index in [0.29, 0.717) is 17.2 Å². The summed E-state index contributed by atoms with van der Waals surface area (Å²) in [4.78, 5) is 26.2. The van der Waals surface area contributed by atoms with Crippen molar-refractivity contribution in [3.8, 4) is 0 Å². The van der Waals surface area contributed by atoms with Crippen molar-refractivity contribution in [2.75, 3.05) is 31.3 Å². The quantitative estimate of drug-likeness (QED) is 0.483. The number of hydrogen-bond donors (Lipinski definition) is 2. The van der Waals surface area contributed by atoms with E-state index in [1.807, 2.05) is 55.4 Å². The summed E-state index contributed by atoms with van der Waals surface area (Å²) in [6.45, 7) is 0.423. The van der Waals surface area contributed by atoms with Gasteiger partial charge in [0, 0.05) is 42.9 Å². The Hall–Kier alpha value is -1.68. The van der Waals surface area contributed by atoms with E-state index in [1.54, 1.807) is 0 Å². The Morgan fingerprint density at radius 2 is 1.81 bits per heavy atom. The molecule has 3 rings (SSSR count). The fourth-order valence-electron chi connectivity index (χ4n) is 2.73. The van der Waals surface area contributed by atoms with Gasteiger partial charge in [-0.1, -0.05) is 24.3 Å². The third-order valence-electron chi connectivity index (χ3n) is 3.95. The summed E-state index contributed by atoms with van der Waals surface area (Å²) >= 11 is 4.36. The van der Waals surface area contributed by atoms with Crippen LogP contribution >= 0.6 is 27.7 Å². The highest BCUT2D eigenvalue weighted by molar-refractivity contribution is 9.12. The van der Waals surface area contributed by atoms with Crippen LogP contribution in [0.4, 0.5) is 5.69 Å². The molecule has 1 heterocycles. The molecule has 1 aliphatic rings. The number of anilines is 1. The molecule has 0 spiro atoms. The molecule has 0 aliphatic carbocycles. The van der Waals surface area contributed by atoms with Gasteiger partial charge in [-0.15, -0.1) is 11.8 Å². The number of halogens is 1. The number of carbonyl (C=O) groups is 2. The fourth-order valence-corrected chi connectivity index (χ4v) is 5.31. The largest absolute Gasteiger partial charge is 0.377 e. The Kier molecular flexibility index (Phi) is 6.36. The second kappa shape index (κ2) is 8.55. The number of imide groups is 1. The second-order valence-corrected chi connectivity index (χ2v) is 9.12. The van der Waals surface area contributed by atoms with Gasteiger partial charge >= 0.3 is 0 Å². The van der Waals surface area contributed by atoms with Crippen LogP contribution in [0.1, 0.15) is 0 Å². The Morgan fingerprint density at radius 3 is 2.48 bits per heavy atom. The van der Waals surface area contributed by atoms with Crippen LogP contribution < -0.4 is 14.9 Å². The number of rotatable bonds is 7. The van der Waals surface area contributed by atoms with Crippen molar-refractivity contribution >= 4 is 67.0 Å². The number of amides is 2. The van der Waals surface area contributed by atoms with Gasteiger partial charge in [0.15, 0.2) is 0 Å². The van der Waals surface area contributed by atoms with Crippen molar-refractivity contribution in [2.45, 2.75) is 4.90 Å². The average molecular weight is 468 g/mol. The van der Waals surface area contributed by atoms with Crippen LogP contribution in [0.5, 0.6) is 0 Å². The van der Waals surface area contributed by atoms with Gasteiger partial charge in [0.2, 0.25) is 0 Å². The van der Waals surface area contributed by atoms with Crippen LogP contribution in [0.25, 0.3) is 10.8 Å². The number of fused-ring (bicyclic) bond motifs is 1. The summed E-state index contributed by atoms with van der Waals surface area (Å²) in [7, 11) is 2.57. The van der Waals surface area contributed by atoms with Gasteiger partial charge in [-0.2, -0.15) is 0 Å². The van der Waals surface area contributed by atoms with E-state index in [2.05, 4.69) is 26.0 Å². The highest BCUT2D eigenvalue weighted by Gasteiger charge is 2.28. The predicted molar refractivity (Wildman–Crippen MR) is 114 cm³/mol. The molecule has 0 aromatic heterocycles. The van der Waals surface area contributed by atoms with Crippen molar-refractivity contribution in [3.05, 3.63) is 45.8 Å². The van der Waals surface area contributed by atoms with Gasteiger partial charge in [0.25, 0.3) is 11.8 Å². The van der Waals surface area contributed by atoms with Crippen LogP contribution in [0.15, 0.2) is 50.7 Å². The maximum atomic E-state index is 12.7. The summed E-state index contributed by atoms with van der Waals surface area (Å²) in [5.74, 6) is -0.320. The lowest BCUT2D eigenvalue weighted by atomic mass is 10.1. The lowest BCUT2D eigenvalue weighted by Crippen LogP contribution is -2.23. The standard InChI is InChI=1S/C18H18BrN3O3S2/c1-22(2)13-7-3-6-12-11(13)5-4-8-14(12)27(25)20-9-10-26-16-15(19)17(23)21-18(16)24/h3-8,20H,9-10H2,1-2H3,(H,21,23,24). The van der Waals surface area contributed by atoms with Crippen molar-refractivity contribution in [1.82, 2.24) is 10.0 Å². The topological polar surface area (TPSA) is 78.5 Å². The van der Waals surface area contributed by atoms with E-state index in [1.165, 1.54) is 11.8 Å². The first-order valence-corrected chi connectivity index (χ1v) is 11.1. The maximum Gasteiger partial charge on any atom is 0.266 e. The second-order valence-electron chi connectivity index (χ2n) is 5.96. The molecule has 1 aliphatic heterocycles. The normalized spacial score (nSPS) is 15.4. The zero-order chi connectivity index (χ0) is 19.6. The minimum atomic E-state index is -1.38. The molecule has 2 N–H and O–H groups in total. The summed E-state index contributed by atoms with van der Waals surface area (Å²) in [6, 6.07) is 11.7. The Bertz CT molecular complexity index is 975. The number of benzene rings is 2. The first-order valence-electron chi connectivity index (χ1n) is 8.12. The van der Waals surface area contributed by atoms with E-state index in [9.17, 15) is 13.8 Å². The SMILES string of the molecule is CN(C)c1cccc2c(S(=O)NCCSC3=C(Br)C(=O)NC3=O)cccc12. The molecule has 0 saturated heterocycles. The van der Waals surface area contributed by atoms with Crippen molar-refractivity contribution in [3.63, 3.8) is 0 Å². The number of hydrogen-bond acceptors (Lipinski definition) is 5. The molecule has 9 heteroatoms. The van der Waals surface area contributed by atoms with E-state index in [0.717, 1.165) is 21.4 Å². The Labute approximate surface area is 172 Å². The molecule has 1 unspecified atom stereocenters. The van der Waals surface area contributed by atoms with Crippen LogP contribution in [-0.2, 0) is 20.6 Å². The number of carbonyl (C=O) groups excluding carboxylic acids is 2. The highest BCUT2D eigenvalue weighted by Crippen LogP contribution is 2.30. The van der Waals surface area contributed by atoms with Gasteiger partial charge in [-0.25, -0.2) is 8.93 Å². The molecule has 0 saturated carbocycles. The van der Waals surface area contributed by atoms with Gasteiger partial charge < -0.3 is 4.90 Å². The molecular formula is C18H18BrN3O3S2. The number of thioether (sulfide) groups is 1. The van der Waals surface area contributed by atoms with E-state index in [4.69, 9.17) is 0 Å². The van der Waals surface area contributed by atoms with Gasteiger partial charge in [0.05, 0.1) is 9.80 Å². The average Bonchev–Trinajstić information content (AvgIpc) is 2.89. The molecule has 2 aromatic carbocycles. The van der Waals surface area contributed by atoms with E-state index >= 15 is 0 Å². The lowest BCUT2D eigenvalue weighted by molar-refractivity contribution is -0.123. The summed E-state index contributed by atoms with van der Waals surface area (Å²) in [6.07, 6.45) is 0. The summed E-state index contributed by atoms with van der Waals surface area (Å²) in [5.41, 5.74) is 1.07. The molecule has 0 bridgehead atoms. The predicted octanol–water partition coefficient (Wildman–Crippen LogP) is 2.51. The lowest BCUT2D eigenvalue weighted by Gasteiger charge is -2.16. The van der Waals surface area contributed by atoms with E-state index < -0.39 is 22.8 Å².